The fraction of sp³-hybridized carbons (Fsp3) is 0.0588. The second-order valence-corrected chi connectivity index (χ2v) is 5.10. The summed E-state index contributed by atoms with van der Waals surface area (Å²) in [6.45, 7) is 1.34. The van der Waals surface area contributed by atoms with Crippen LogP contribution in [0.15, 0.2) is 60.7 Å². The van der Waals surface area contributed by atoms with E-state index in [4.69, 9.17) is 16.3 Å². The predicted molar refractivity (Wildman–Crippen MR) is 85.3 cm³/mol. The van der Waals surface area contributed by atoms with E-state index in [1.54, 1.807) is 16.8 Å². The molecule has 0 saturated carbocycles. The summed E-state index contributed by atoms with van der Waals surface area (Å²) in [5.41, 5.74) is 2.47. The van der Waals surface area contributed by atoms with Crippen LogP contribution >= 0.6 is 11.6 Å². The Kier molecular flexibility index (Phi) is 3.94. The third kappa shape index (κ3) is 2.87. The van der Waals surface area contributed by atoms with E-state index in [1.165, 1.54) is 6.92 Å². The summed E-state index contributed by atoms with van der Waals surface area (Å²) in [5, 5.41) is 4.91. The van der Waals surface area contributed by atoms with Gasteiger partial charge in [0, 0.05) is 18.6 Å². The smallest absolute Gasteiger partial charge is 0.309 e. The van der Waals surface area contributed by atoms with E-state index in [0.29, 0.717) is 5.02 Å². The van der Waals surface area contributed by atoms with Gasteiger partial charge in [-0.1, -0.05) is 54.1 Å². The average Bonchev–Trinajstić information content (AvgIpc) is 2.91. The number of carbonyl (C=O) groups excluding carboxylic acids is 1. The molecule has 0 atom stereocenters. The molecule has 4 nitrogen and oxygen atoms in total. The quantitative estimate of drug-likeness (QED) is 0.683. The first-order valence-electron chi connectivity index (χ1n) is 6.74. The Balaban J connectivity index is 2.17. The SMILES string of the molecule is CC(=O)Oc1cc(-c2ccccc2)n(-c2ccccc2Cl)n1. The fourth-order valence-corrected chi connectivity index (χ4v) is 2.39. The summed E-state index contributed by atoms with van der Waals surface area (Å²) < 4.78 is 6.78. The monoisotopic (exact) mass is 312 g/mol. The van der Waals surface area contributed by atoms with Gasteiger partial charge in [-0.25, -0.2) is 4.68 Å². The van der Waals surface area contributed by atoms with Gasteiger partial charge in [0.05, 0.1) is 16.4 Å². The van der Waals surface area contributed by atoms with Crippen molar-refractivity contribution in [1.82, 2.24) is 9.78 Å². The molecule has 0 fully saturated rings. The van der Waals surface area contributed by atoms with Crippen molar-refractivity contribution in [2.75, 3.05) is 0 Å². The normalized spacial score (nSPS) is 10.5. The molecule has 3 rings (SSSR count). The van der Waals surface area contributed by atoms with Crippen LogP contribution in [0.2, 0.25) is 5.02 Å². The Labute approximate surface area is 132 Å². The van der Waals surface area contributed by atoms with Crippen molar-refractivity contribution in [1.29, 1.82) is 0 Å². The van der Waals surface area contributed by atoms with E-state index in [2.05, 4.69) is 5.10 Å². The van der Waals surface area contributed by atoms with Gasteiger partial charge in [-0.2, -0.15) is 0 Å². The number of carbonyl (C=O) groups is 1. The maximum Gasteiger partial charge on any atom is 0.309 e. The van der Waals surface area contributed by atoms with Gasteiger partial charge in [0.2, 0.25) is 5.88 Å². The number of ether oxygens (including phenoxy) is 1. The van der Waals surface area contributed by atoms with E-state index < -0.39 is 5.97 Å². The molecule has 0 bridgehead atoms. The maximum absolute atomic E-state index is 11.2. The lowest BCUT2D eigenvalue weighted by atomic mass is 10.1. The standard InChI is InChI=1S/C17H13ClN2O2/c1-12(21)22-17-11-16(13-7-3-2-4-8-13)20(19-17)15-10-6-5-9-14(15)18/h2-11H,1H3. The highest BCUT2D eigenvalue weighted by molar-refractivity contribution is 6.32. The number of aromatic nitrogens is 2. The molecule has 2 aromatic carbocycles. The zero-order valence-corrected chi connectivity index (χ0v) is 12.6. The van der Waals surface area contributed by atoms with Crippen LogP contribution in [0.3, 0.4) is 0 Å². The Hall–Kier alpha value is -2.59. The predicted octanol–water partition coefficient (Wildman–Crippen LogP) is 4.12. The zero-order chi connectivity index (χ0) is 15.5. The van der Waals surface area contributed by atoms with Crippen LogP contribution in [0, 0.1) is 0 Å². The molecule has 110 valence electrons. The van der Waals surface area contributed by atoms with Crippen LogP contribution in [-0.2, 0) is 4.79 Å². The molecule has 0 spiro atoms. The molecule has 0 aliphatic rings. The van der Waals surface area contributed by atoms with Crippen molar-refractivity contribution in [3.63, 3.8) is 0 Å². The third-order valence-corrected chi connectivity index (χ3v) is 3.41. The van der Waals surface area contributed by atoms with Gasteiger partial charge in [0.25, 0.3) is 0 Å². The topological polar surface area (TPSA) is 44.1 Å². The minimum Gasteiger partial charge on any atom is -0.406 e. The lowest BCUT2D eigenvalue weighted by molar-refractivity contribution is -0.132. The molecular formula is C17H13ClN2O2. The summed E-state index contributed by atoms with van der Waals surface area (Å²) in [6.07, 6.45) is 0. The highest BCUT2D eigenvalue weighted by Crippen LogP contribution is 2.29. The van der Waals surface area contributed by atoms with Crippen molar-refractivity contribution in [2.24, 2.45) is 0 Å². The summed E-state index contributed by atoms with van der Waals surface area (Å²) in [5.74, 6) is -0.172. The molecule has 0 unspecified atom stereocenters. The largest absolute Gasteiger partial charge is 0.406 e. The number of hydrogen-bond acceptors (Lipinski definition) is 3. The van der Waals surface area contributed by atoms with Gasteiger partial charge in [0.1, 0.15) is 0 Å². The van der Waals surface area contributed by atoms with Crippen LogP contribution in [0.4, 0.5) is 0 Å². The van der Waals surface area contributed by atoms with Crippen LogP contribution in [0.25, 0.3) is 16.9 Å². The van der Waals surface area contributed by atoms with Crippen molar-refractivity contribution in [3.8, 4) is 22.8 Å². The number of hydrogen-bond donors (Lipinski definition) is 0. The second-order valence-electron chi connectivity index (χ2n) is 4.69. The molecule has 0 radical (unpaired) electrons. The molecule has 0 amide bonds. The molecule has 22 heavy (non-hydrogen) atoms. The van der Waals surface area contributed by atoms with Gasteiger partial charge in [0.15, 0.2) is 0 Å². The fourth-order valence-electron chi connectivity index (χ4n) is 2.18. The molecule has 5 heteroatoms. The molecule has 0 N–H and O–H groups in total. The van der Waals surface area contributed by atoms with Gasteiger partial charge >= 0.3 is 5.97 Å². The van der Waals surface area contributed by atoms with E-state index in [9.17, 15) is 4.79 Å². The van der Waals surface area contributed by atoms with Crippen LogP contribution < -0.4 is 4.74 Å². The van der Waals surface area contributed by atoms with Crippen LogP contribution in [-0.4, -0.2) is 15.7 Å². The molecule has 3 aromatic rings. The summed E-state index contributed by atoms with van der Waals surface area (Å²) in [7, 11) is 0. The molecule has 0 saturated heterocycles. The number of esters is 1. The van der Waals surface area contributed by atoms with E-state index in [0.717, 1.165) is 16.9 Å². The lowest BCUT2D eigenvalue weighted by Gasteiger charge is -2.08. The number of nitrogens with zero attached hydrogens (tertiary/aromatic N) is 2. The average molecular weight is 313 g/mol. The van der Waals surface area contributed by atoms with E-state index in [-0.39, 0.29) is 5.88 Å². The number of benzene rings is 2. The van der Waals surface area contributed by atoms with Crippen molar-refractivity contribution >= 4 is 17.6 Å². The number of rotatable bonds is 3. The minimum atomic E-state index is -0.413. The Morgan fingerprint density at radius 1 is 1.09 bits per heavy atom. The van der Waals surface area contributed by atoms with Crippen LogP contribution in [0.1, 0.15) is 6.92 Å². The maximum atomic E-state index is 11.2. The van der Waals surface area contributed by atoms with Crippen molar-refractivity contribution in [3.05, 3.63) is 65.7 Å². The van der Waals surface area contributed by atoms with Crippen molar-refractivity contribution < 1.29 is 9.53 Å². The Morgan fingerprint density at radius 3 is 2.45 bits per heavy atom. The second kappa shape index (κ2) is 6.03. The summed E-state index contributed by atoms with van der Waals surface area (Å²) >= 11 is 6.26. The van der Waals surface area contributed by atoms with Crippen LogP contribution in [0.5, 0.6) is 5.88 Å². The summed E-state index contributed by atoms with van der Waals surface area (Å²) in [4.78, 5) is 11.2. The Morgan fingerprint density at radius 2 is 1.77 bits per heavy atom. The molecule has 1 heterocycles. The highest BCUT2D eigenvalue weighted by Gasteiger charge is 2.15. The van der Waals surface area contributed by atoms with Gasteiger partial charge in [-0.15, -0.1) is 5.10 Å². The molecular weight excluding hydrogens is 300 g/mol. The van der Waals surface area contributed by atoms with Gasteiger partial charge < -0.3 is 4.74 Å². The first kappa shape index (κ1) is 14.4. The summed E-state index contributed by atoms with van der Waals surface area (Å²) in [6, 6.07) is 18.8. The Bertz CT molecular complexity index is 813. The first-order valence-corrected chi connectivity index (χ1v) is 7.12. The highest BCUT2D eigenvalue weighted by atomic mass is 35.5. The number of para-hydroxylation sites is 1. The van der Waals surface area contributed by atoms with Gasteiger partial charge in [-0.05, 0) is 12.1 Å². The third-order valence-electron chi connectivity index (χ3n) is 3.09. The molecule has 0 aliphatic heterocycles. The lowest BCUT2D eigenvalue weighted by Crippen LogP contribution is -2.03. The molecule has 1 aromatic heterocycles. The zero-order valence-electron chi connectivity index (χ0n) is 11.9. The number of halogens is 1. The van der Waals surface area contributed by atoms with Crippen molar-refractivity contribution in [2.45, 2.75) is 6.92 Å². The first-order chi connectivity index (χ1) is 10.6. The van der Waals surface area contributed by atoms with E-state index >= 15 is 0 Å². The van der Waals surface area contributed by atoms with E-state index in [1.807, 2.05) is 48.5 Å². The van der Waals surface area contributed by atoms with Gasteiger partial charge in [-0.3, -0.25) is 4.79 Å². The minimum absolute atomic E-state index is 0.242. The molecule has 0 aliphatic carbocycles.